The lowest BCUT2D eigenvalue weighted by atomic mass is 10.1. The first-order chi connectivity index (χ1) is 12.2. The number of benzene rings is 1. The van der Waals surface area contributed by atoms with E-state index in [-0.39, 0.29) is 11.1 Å². The van der Waals surface area contributed by atoms with Gasteiger partial charge in [0.25, 0.3) is 5.56 Å². The number of hydrogen-bond acceptors (Lipinski definition) is 5. The van der Waals surface area contributed by atoms with E-state index < -0.39 is 0 Å². The highest BCUT2D eigenvalue weighted by Gasteiger charge is 2.14. The summed E-state index contributed by atoms with van der Waals surface area (Å²) in [4.78, 5) is 20.3. The molecule has 0 atom stereocenters. The first kappa shape index (κ1) is 17.5. The molecule has 0 aliphatic rings. The van der Waals surface area contributed by atoms with Crippen LogP contribution in [-0.4, -0.2) is 9.97 Å². The summed E-state index contributed by atoms with van der Waals surface area (Å²) in [7, 11) is 0. The molecule has 1 aromatic carbocycles. The van der Waals surface area contributed by atoms with Crippen LogP contribution >= 0.6 is 23.1 Å². The Bertz CT molecular complexity index is 956. The van der Waals surface area contributed by atoms with Crippen LogP contribution in [0.1, 0.15) is 30.0 Å². The minimum absolute atomic E-state index is 0.0664. The maximum atomic E-state index is 12.2. The molecule has 6 heteroatoms. The zero-order chi connectivity index (χ0) is 17.6. The summed E-state index contributed by atoms with van der Waals surface area (Å²) in [6.07, 6.45) is 2.18. The molecule has 0 radical (unpaired) electrons. The Morgan fingerprint density at radius 2 is 2.12 bits per heavy atom. The minimum Gasteiger partial charge on any atom is -0.300 e. The van der Waals surface area contributed by atoms with Gasteiger partial charge in [0.05, 0.1) is 4.88 Å². The van der Waals surface area contributed by atoms with Gasteiger partial charge in [-0.05, 0) is 29.0 Å². The van der Waals surface area contributed by atoms with E-state index in [1.165, 1.54) is 34.2 Å². The van der Waals surface area contributed by atoms with Gasteiger partial charge < -0.3 is 4.98 Å². The van der Waals surface area contributed by atoms with Gasteiger partial charge in [-0.3, -0.25) is 4.79 Å². The number of nitriles is 1. The van der Waals surface area contributed by atoms with Gasteiger partial charge in [-0.2, -0.15) is 5.26 Å². The van der Waals surface area contributed by atoms with Crippen LogP contribution in [0.15, 0.2) is 51.7 Å². The third kappa shape index (κ3) is 4.19. The molecule has 0 unspecified atom stereocenters. The second kappa shape index (κ2) is 8.15. The van der Waals surface area contributed by atoms with E-state index in [9.17, 15) is 10.1 Å². The lowest BCUT2D eigenvalue weighted by Gasteiger charge is -2.06. The van der Waals surface area contributed by atoms with Crippen molar-refractivity contribution < 1.29 is 0 Å². The first-order valence-corrected chi connectivity index (χ1v) is 9.86. The van der Waals surface area contributed by atoms with E-state index in [1.807, 2.05) is 23.6 Å². The maximum Gasteiger partial charge on any atom is 0.270 e. The molecule has 0 saturated carbocycles. The quantitative estimate of drug-likeness (QED) is 0.510. The number of aryl methyl sites for hydroxylation is 1. The number of thiophene rings is 1. The van der Waals surface area contributed by atoms with Crippen molar-refractivity contribution in [3.63, 3.8) is 0 Å². The largest absolute Gasteiger partial charge is 0.300 e. The SMILES string of the molecule is CCCc1cccc(CSc2nc(-c3cccs3)c(C#N)c(=O)[nH]2)c1. The van der Waals surface area contributed by atoms with Gasteiger partial charge in [-0.1, -0.05) is 55.4 Å². The predicted octanol–water partition coefficient (Wildman–Crippen LogP) is 4.61. The van der Waals surface area contributed by atoms with Gasteiger partial charge in [-0.25, -0.2) is 4.98 Å². The highest BCUT2D eigenvalue weighted by atomic mass is 32.2. The van der Waals surface area contributed by atoms with Crippen LogP contribution in [0.5, 0.6) is 0 Å². The van der Waals surface area contributed by atoms with Crippen molar-refractivity contribution in [2.45, 2.75) is 30.7 Å². The first-order valence-electron chi connectivity index (χ1n) is 8.00. The van der Waals surface area contributed by atoms with Crippen LogP contribution in [0.4, 0.5) is 0 Å². The summed E-state index contributed by atoms with van der Waals surface area (Å²) >= 11 is 2.94. The highest BCUT2D eigenvalue weighted by Crippen LogP contribution is 2.27. The average molecular weight is 367 g/mol. The fraction of sp³-hybridized carbons (Fsp3) is 0.211. The van der Waals surface area contributed by atoms with Crippen LogP contribution in [0.25, 0.3) is 10.6 Å². The molecule has 2 aromatic heterocycles. The van der Waals surface area contributed by atoms with Crippen LogP contribution in [0.2, 0.25) is 0 Å². The number of nitrogens with one attached hydrogen (secondary N) is 1. The van der Waals surface area contributed by atoms with Gasteiger partial charge in [0, 0.05) is 5.75 Å². The number of nitrogens with zero attached hydrogens (tertiary/aromatic N) is 2. The predicted molar refractivity (Wildman–Crippen MR) is 103 cm³/mol. The molecule has 0 spiro atoms. The fourth-order valence-electron chi connectivity index (χ4n) is 2.53. The molecule has 0 amide bonds. The van der Waals surface area contributed by atoms with Gasteiger partial charge in [-0.15, -0.1) is 11.3 Å². The van der Waals surface area contributed by atoms with E-state index >= 15 is 0 Å². The monoisotopic (exact) mass is 367 g/mol. The number of hydrogen-bond donors (Lipinski definition) is 1. The van der Waals surface area contributed by atoms with E-state index in [0.717, 1.165) is 23.5 Å². The van der Waals surface area contributed by atoms with E-state index in [2.05, 4.69) is 41.2 Å². The number of H-pyrrole nitrogens is 1. The maximum absolute atomic E-state index is 12.2. The Labute approximate surface area is 154 Å². The Kier molecular flexibility index (Phi) is 5.69. The van der Waals surface area contributed by atoms with Crippen LogP contribution in [-0.2, 0) is 12.2 Å². The third-order valence-electron chi connectivity index (χ3n) is 3.67. The standard InChI is InChI=1S/C19H17N3OS2/c1-2-5-13-6-3-7-14(10-13)12-25-19-21-17(16-8-4-9-24-16)15(11-20)18(23)22-19/h3-4,6-10H,2,5,12H2,1H3,(H,21,22,23). The second-order valence-corrected chi connectivity index (χ2v) is 7.45. The van der Waals surface area contributed by atoms with E-state index in [4.69, 9.17) is 0 Å². The van der Waals surface area contributed by atoms with Crippen molar-refractivity contribution in [2.24, 2.45) is 0 Å². The van der Waals surface area contributed by atoms with Gasteiger partial charge in [0.15, 0.2) is 5.16 Å². The normalized spacial score (nSPS) is 10.6. The number of aromatic nitrogens is 2. The Morgan fingerprint density at radius 1 is 1.28 bits per heavy atom. The van der Waals surface area contributed by atoms with Gasteiger partial charge >= 0.3 is 0 Å². The van der Waals surface area contributed by atoms with Crippen molar-refractivity contribution in [1.82, 2.24) is 9.97 Å². The summed E-state index contributed by atoms with van der Waals surface area (Å²) in [5, 5.41) is 11.7. The third-order valence-corrected chi connectivity index (χ3v) is 5.49. The zero-order valence-corrected chi connectivity index (χ0v) is 15.4. The van der Waals surface area contributed by atoms with Crippen molar-refractivity contribution >= 4 is 23.1 Å². The van der Waals surface area contributed by atoms with Gasteiger partial charge in [0.1, 0.15) is 17.3 Å². The summed E-state index contributed by atoms with van der Waals surface area (Å²) in [6.45, 7) is 2.17. The summed E-state index contributed by atoms with van der Waals surface area (Å²) in [5.41, 5.74) is 2.66. The molecule has 4 nitrogen and oxygen atoms in total. The van der Waals surface area contributed by atoms with E-state index in [0.29, 0.717) is 10.9 Å². The fourth-order valence-corrected chi connectivity index (χ4v) is 4.06. The Hall–Kier alpha value is -2.36. The molecule has 2 heterocycles. The van der Waals surface area contributed by atoms with Crippen molar-refractivity contribution in [2.75, 3.05) is 0 Å². The number of rotatable bonds is 6. The van der Waals surface area contributed by atoms with Crippen molar-refractivity contribution in [3.8, 4) is 16.6 Å². The minimum atomic E-state index is -0.386. The lowest BCUT2D eigenvalue weighted by Crippen LogP contribution is -2.14. The van der Waals surface area contributed by atoms with Crippen LogP contribution in [0, 0.1) is 11.3 Å². The highest BCUT2D eigenvalue weighted by molar-refractivity contribution is 7.98. The summed E-state index contributed by atoms with van der Waals surface area (Å²) in [5.74, 6) is 0.719. The Morgan fingerprint density at radius 3 is 2.84 bits per heavy atom. The summed E-state index contributed by atoms with van der Waals surface area (Å²) < 4.78 is 0. The molecule has 3 rings (SSSR count). The second-order valence-electron chi connectivity index (χ2n) is 5.54. The molecule has 25 heavy (non-hydrogen) atoms. The Balaban J connectivity index is 1.85. The van der Waals surface area contributed by atoms with Crippen molar-refractivity contribution in [1.29, 1.82) is 5.26 Å². The number of aromatic amines is 1. The molecule has 1 N–H and O–H groups in total. The molecular weight excluding hydrogens is 350 g/mol. The molecule has 0 fully saturated rings. The molecule has 0 saturated heterocycles. The molecule has 3 aromatic rings. The van der Waals surface area contributed by atoms with Crippen molar-refractivity contribution in [3.05, 3.63) is 68.8 Å². The zero-order valence-electron chi connectivity index (χ0n) is 13.8. The molecule has 0 aliphatic heterocycles. The number of thioether (sulfide) groups is 1. The molecule has 0 aliphatic carbocycles. The smallest absolute Gasteiger partial charge is 0.270 e. The summed E-state index contributed by atoms with van der Waals surface area (Å²) in [6, 6.07) is 14.2. The lowest BCUT2D eigenvalue weighted by molar-refractivity contribution is 0.919. The molecule has 0 bridgehead atoms. The molecular formula is C19H17N3OS2. The average Bonchev–Trinajstić information content (AvgIpc) is 3.15. The van der Waals surface area contributed by atoms with Crippen LogP contribution < -0.4 is 5.56 Å². The van der Waals surface area contributed by atoms with Gasteiger partial charge in [0.2, 0.25) is 0 Å². The van der Waals surface area contributed by atoms with Crippen LogP contribution in [0.3, 0.4) is 0 Å². The molecule has 126 valence electrons. The van der Waals surface area contributed by atoms with E-state index in [1.54, 1.807) is 0 Å². The topological polar surface area (TPSA) is 69.5 Å².